The molecule has 0 aliphatic carbocycles. The van der Waals surface area contributed by atoms with Gasteiger partial charge in [-0.25, -0.2) is 0 Å². The fourth-order valence-corrected chi connectivity index (χ4v) is 1.50. The SMILES string of the molecule is CCCCC1N(F)C=NN1C(C)C. The van der Waals surface area contributed by atoms with Crippen LogP contribution in [0.4, 0.5) is 4.48 Å². The molecule has 1 aliphatic rings. The predicted octanol–water partition coefficient (Wildman–Crippen LogP) is 2.36. The molecule has 0 aromatic heterocycles. The van der Waals surface area contributed by atoms with Gasteiger partial charge in [-0.3, -0.25) is 5.01 Å². The molecule has 0 radical (unpaired) electrons. The van der Waals surface area contributed by atoms with Crippen molar-refractivity contribution in [3.05, 3.63) is 0 Å². The summed E-state index contributed by atoms with van der Waals surface area (Å²) in [4.78, 5) is 0. The number of hydrazone groups is 1. The topological polar surface area (TPSA) is 18.8 Å². The standard InChI is InChI=1S/C9H18FN3/c1-4-5-6-9-12(10)7-11-13(9)8(2)3/h7-9H,4-6H2,1-3H3. The van der Waals surface area contributed by atoms with E-state index in [0.29, 0.717) is 5.12 Å². The van der Waals surface area contributed by atoms with E-state index in [4.69, 9.17) is 0 Å². The van der Waals surface area contributed by atoms with Crippen LogP contribution in [0.25, 0.3) is 0 Å². The molecule has 0 N–H and O–H groups in total. The minimum absolute atomic E-state index is 0.181. The van der Waals surface area contributed by atoms with E-state index in [1.165, 1.54) is 6.34 Å². The molecule has 0 aromatic rings. The lowest BCUT2D eigenvalue weighted by molar-refractivity contribution is -0.0141. The van der Waals surface area contributed by atoms with Crippen LogP contribution < -0.4 is 0 Å². The van der Waals surface area contributed by atoms with Gasteiger partial charge >= 0.3 is 0 Å². The molecule has 13 heavy (non-hydrogen) atoms. The van der Waals surface area contributed by atoms with Crippen molar-refractivity contribution in [3.8, 4) is 0 Å². The third kappa shape index (κ3) is 2.32. The summed E-state index contributed by atoms with van der Waals surface area (Å²) in [5.74, 6) is 0. The molecule has 0 fully saturated rings. The first kappa shape index (κ1) is 10.3. The van der Waals surface area contributed by atoms with Gasteiger partial charge in [0.15, 0.2) is 0 Å². The van der Waals surface area contributed by atoms with Gasteiger partial charge in [-0.1, -0.05) is 17.8 Å². The van der Waals surface area contributed by atoms with Crippen LogP contribution in [0.15, 0.2) is 5.10 Å². The van der Waals surface area contributed by atoms with E-state index in [-0.39, 0.29) is 12.2 Å². The molecule has 0 aromatic carbocycles. The monoisotopic (exact) mass is 187 g/mol. The fraction of sp³-hybridized carbons (Fsp3) is 0.889. The number of halogens is 1. The van der Waals surface area contributed by atoms with Crippen LogP contribution in [-0.2, 0) is 0 Å². The van der Waals surface area contributed by atoms with Gasteiger partial charge in [0.25, 0.3) is 0 Å². The third-order valence-corrected chi connectivity index (χ3v) is 2.23. The Hall–Kier alpha value is -0.800. The molecule has 1 rings (SSSR count). The maximum absolute atomic E-state index is 13.2. The van der Waals surface area contributed by atoms with Gasteiger partial charge in [0.2, 0.25) is 0 Å². The average molecular weight is 187 g/mol. The molecule has 1 heterocycles. The average Bonchev–Trinajstić information content (AvgIpc) is 2.43. The molecule has 0 amide bonds. The smallest absolute Gasteiger partial charge is 0.149 e. The highest BCUT2D eigenvalue weighted by Gasteiger charge is 2.29. The molecule has 0 saturated carbocycles. The minimum Gasteiger partial charge on any atom is -0.268 e. The molecule has 1 atom stereocenters. The van der Waals surface area contributed by atoms with Crippen LogP contribution in [0.1, 0.15) is 40.0 Å². The Kier molecular flexibility index (Phi) is 3.51. The number of hydrogen-bond acceptors (Lipinski definition) is 3. The van der Waals surface area contributed by atoms with E-state index in [1.54, 1.807) is 0 Å². The van der Waals surface area contributed by atoms with Crippen molar-refractivity contribution in [1.82, 2.24) is 10.1 Å². The number of nitrogens with zero attached hydrogens (tertiary/aromatic N) is 3. The van der Waals surface area contributed by atoms with Crippen LogP contribution in [0.5, 0.6) is 0 Å². The van der Waals surface area contributed by atoms with Gasteiger partial charge in [0, 0.05) is 6.04 Å². The van der Waals surface area contributed by atoms with E-state index in [0.717, 1.165) is 19.3 Å². The molecule has 0 bridgehead atoms. The summed E-state index contributed by atoms with van der Waals surface area (Å²) >= 11 is 0. The molecular formula is C9H18FN3. The maximum Gasteiger partial charge on any atom is 0.149 e. The van der Waals surface area contributed by atoms with Gasteiger partial charge in [0.1, 0.15) is 12.5 Å². The summed E-state index contributed by atoms with van der Waals surface area (Å²) in [6.45, 7) is 6.16. The van der Waals surface area contributed by atoms with Crippen LogP contribution in [0.2, 0.25) is 0 Å². The van der Waals surface area contributed by atoms with Crippen molar-refractivity contribution in [2.24, 2.45) is 5.10 Å². The Morgan fingerprint density at radius 3 is 2.77 bits per heavy atom. The fourth-order valence-electron chi connectivity index (χ4n) is 1.50. The summed E-state index contributed by atoms with van der Waals surface area (Å²) in [5.41, 5.74) is 0. The van der Waals surface area contributed by atoms with E-state index in [9.17, 15) is 4.48 Å². The lowest BCUT2D eigenvalue weighted by atomic mass is 10.2. The van der Waals surface area contributed by atoms with Gasteiger partial charge in [-0.15, -0.1) is 0 Å². The van der Waals surface area contributed by atoms with Crippen LogP contribution in [0, 0.1) is 0 Å². The number of hydrogen-bond donors (Lipinski definition) is 0. The first-order valence-electron chi connectivity index (χ1n) is 4.93. The summed E-state index contributed by atoms with van der Waals surface area (Å²) < 4.78 is 13.2. The lowest BCUT2D eigenvalue weighted by Gasteiger charge is -2.28. The third-order valence-electron chi connectivity index (χ3n) is 2.23. The molecular weight excluding hydrogens is 169 g/mol. The zero-order valence-corrected chi connectivity index (χ0v) is 8.57. The maximum atomic E-state index is 13.2. The molecule has 0 saturated heterocycles. The van der Waals surface area contributed by atoms with Crippen molar-refractivity contribution < 1.29 is 4.48 Å². The Morgan fingerprint density at radius 1 is 1.54 bits per heavy atom. The van der Waals surface area contributed by atoms with E-state index in [1.807, 2.05) is 18.9 Å². The largest absolute Gasteiger partial charge is 0.268 e. The van der Waals surface area contributed by atoms with Crippen molar-refractivity contribution in [1.29, 1.82) is 0 Å². The van der Waals surface area contributed by atoms with Crippen LogP contribution in [0.3, 0.4) is 0 Å². The van der Waals surface area contributed by atoms with E-state index in [2.05, 4.69) is 12.0 Å². The molecule has 76 valence electrons. The van der Waals surface area contributed by atoms with Gasteiger partial charge in [0.05, 0.1) is 0 Å². The van der Waals surface area contributed by atoms with Crippen molar-refractivity contribution in [3.63, 3.8) is 0 Å². The van der Waals surface area contributed by atoms with Gasteiger partial charge in [-0.05, 0) is 26.7 Å². The normalized spacial score (nSPS) is 22.1. The van der Waals surface area contributed by atoms with Crippen LogP contribution >= 0.6 is 0 Å². The van der Waals surface area contributed by atoms with Gasteiger partial charge < -0.3 is 0 Å². The Morgan fingerprint density at radius 2 is 2.23 bits per heavy atom. The Labute approximate surface area is 79.1 Å². The quantitative estimate of drug-likeness (QED) is 0.629. The molecule has 3 nitrogen and oxygen atoms in total. The molecule has 1 aliphatic heterocycles. The predicted molar refractivity (Wildman–Crippen MR) is 51.7 cm³/mol. The second-order valence-corrected chi connectivity index (χ2v) is 3.67. The van der Waals surface area contributed by atoms with Gasteiger partial charge in [-0.2, -0.15) is 10.2 Å². The minimum atomic E-state index is -0.181. The lowest BCUT2D eigenvalue weighted by Crippen LogP contribution is -2.39. The molecule has 0 spiro atoms. The van der Waals surface area contributed by atoms with E-state index >= 15 is 0 Å². The molecule has 4 heteroatoms. The van der Waals surface area contributed by atoms with Crippen molar-refractivity contribution in [2.75, 3.05) is 0 Å². The Balaban J connectivity index is 2.49. The highest BCUT2D eigenvalue weighted by atomic mass is 19.2. The first-order chi connectivity index (χ1) is 6.16. The zero-order chi connectivity index (χ0) is 9.84. The summed E-state index contributed by atoms with van der Waals surface area (Å²) in [7, 11) is 0. The highest BCUT2D eigenvalue weighted by molar-refractivity contribution is 5.55. The van der Waals surface area contributed by atoms with E-state index < -0.39 is 0 Å². The summed E-state index contributed by atoms with van der Waals surface area (Å²) in [5, 5.41) is 6.53. The second kappa shape index (κ2) is 4.44. The summed E-state index contributed by atoms with van der Waals surface area (Å²) in [6, 6.07) is 0.263. The molecule has 1 unspecified atom stereocenters. The van der Waals surface area contributed by atoms with Crippen LogP contribution in [-0.4, -0.2) is 28.7 Å². The number of unbranched alkanes of at least 4 members (excludes halogenated alkanes) is 1. The first-order valence-corrected chi connectivity index (χ1v) is 4.93. The second-order valence-electron chi connectivity index (χ2n) is 3.67. The van der Waals surface area contributed by atoms with Crippen molar-refractivity contribution >= 4 is 6.34 Å². The van der Waals surface area contributed by atoms with Crippen molar-refractivity contribution in [2.45, 2.75) is 52.2 Å². The Bertz CT molecular complexity index is 182. The zero-order valence-electron chi connectivity index (χ0n) is 8.57. The number of rotatable bonds is 4. The summed E-state index contributed by atoms with van der Waals surface area (Å²) in [6.07, 6.45) is 4.05. The highest BCUT2D eigenvalue weighted by Crippen LogP contribution is 2.20.